The van der Waals surface area contributed by atoms with Gasteiger partial charge in [0.15, 0.2) is 6.33 Å². The predicted octanol–water partition coefficient (Wildman–Crippen LogP) is 28.3. The van der Waals surface area contributed by atoms with Crippen LogP contribution in [0.15, 0.2) is 140 Å². The van der Waals surface area contributed by atoms with Gasteiger partial charge < -0.3 is 4.42 Å². The predicted molar refractivity (Wildman–Crippen MR) is 467 cm³/mol. The second-order valence-corrected chi connectivity index (χ2v) is 6.96. The lowest BCUT2D eigenvalue weighted by Gasteiger charge is -1.70. The number of nitrogens with one attached hydrogen (secondary N) is 5. The molecule has 0 aromatic carbocycles. The van der Waals surface area contributed by atoms with Gasteiger partial charge in [0.2, 0.25) is 12.8 Å². The summed E-state index contributed by atoms with van der Waals surface area (Å²) in [6, 6.07) is 7.55. The van der Waals surface area contributed by atoms with Crippen LogP contribution in [-0.2, 0) is 0 Å². The number of aromatic amines is 5. The third kappa shape index (κ3) is 485. The number of H-pyrrole nitrogens is 5. The minimum absolute atomic E-state index is 1.26. The van der Waals surface area contributed by atoms with E-state index in [0.717, 1.165) is 0 Å². The van der Waals surface area contributed by atoms with Crippen LogP contribution in [-0.4, -0.2) is 117 Å². The zero-order valence-electron chi connectivity index (χ0n) is 78.1. The van der Waals surface area contributed by atoms with Crippen LogP contribution >= 0.6 is 11.3 Å². The number of rotatable bonds is 0. The molecule has 0 fully saturated rings. The van der Waals surface area contributed by atoms with Gasteiger partial charge in [0, 0.05) is 24.8 Å². The van der Waals surface area contributed by atoms with E-state index >= 15 is 0 Å². The summed E-state index contributed by atoms with van der Waals surface area (Å²) in [5.41, 5.74) is 3.36. The summed E-state index contributed by atoms with van der Waals surface area (Å²) in [5, 5.41) is 56.6. The Kier molecular flexibility index (Phi) is 888. The number of aromatic nitrogens is 23. The average Bonchev–Trinajstić information content (AvgIpc) is 4.84. The standard InChI is InChI=1S/C5H5N.C3H3N3.C3H4N2.3C2H3N3.C2H2N2O.C2H2N2S.27C2H6.CH2N4/c1-2-4-6-5-3-1;1-4-2-6-3-5-1;1-2-4-5-3-1;1-3-2-5-4-1;2*1-2-4-5-3-1;2*1-3-4-2-5-1;27*1-2;1-2-4-5-3-1/h1-5H;1-3H;1-3H,(H,4,5);3*1-2H,(H,3,4,5);2*1-2H;27*1-2H3;1H,(H,2,3,4,5). The second kappa shape index (κ2) is 496. The first-order valence-corrected chi connectivity index (χ1v) is 40.2. The van der Waals surface area contributed by atoms with Crippen LogP contribution in [0.5, 0.6) is 0 Å². The normalized spacial score (nSPS) is 5.33. The molecule has 620 valence electrons. The molecule has 0 atom stereocenters. The number of nitrogens with zero attached hydrogens (tertiary/aromatic N) is 18. The molecule has 0 aliphatic carbocycles. The highest BCUT2D eigenvalue weighted by Gasteiger charge is 1.63. The van der Waals surface area contributed by atoms with Crippen molar-refractivity contribution in [2.45, 2.75) is 374 Å². The van der Waals surface area contributed by atoms with Crippen LogP contribution in [0, 0.1) is 0 Å². The monoisotopic (exact) mass is 1470 g/mol. The lowest BCUT2D eigenvalue weighted by atomic mass is 10.5. The van der Waals surface area contributed by atoms with Crippen molar-refractivity contribution in [2.75, 3.05) is 0 Å². The number of tetrazole rings is 1. The maximum Gasteiger partial charge on any atom is 0.203 e. The van der Waals surface area contributed by atoms with Crippen molar-refractivity contribution < 1.29 is 4.42 Å². The van der Waals surface area contributed by atoms with Gasteiger partial charge in [0.25, 0.3) is 0 Å². The Morgan fingerprint density at radius 1 is 0.218 bits per heavy atom. The lowest BCUT2D eigenvalue weighted by Crippen LogP contribution is -1.73. The molecule has 9 aromatic rings. The first-order chi connectivity index (χ1) is 50.5. The van der Waals surface area contributed by atoms with Gasteiger partial charge in [-0.2, -0.15) is 46.2 Å². The molecule has 0 unspecified atom stereocenters. The molecule has 0 bridgehead atoms. The van der Waals surface area contributed by atoms with Crippen molar-refractivity contribution in [3.05, 3.63) is 136 Å². The summed E-state index contributed by atoms with van der Waals surface area (Å²) >= 11 is 1.49. The fraction of sp³-hybridized carbons (Fsp3) is 0.711. The first kappa shape index (κ1) is 181. The molecule has 9 rings (SSSR count). The molecule has 0 aliphatic rings. The van der Waals surface area contributed by atoms with E-state index in [4.69, 9.17) is 0 Å². The van der Waals surface area contributed by atoms with Gasteiger partial charge in [-0.3, -0.25) is 15.2 Å². The van der Waals surface area contributed by atoms with E-state index in [2.05, 4.69) is 122 Å². The topological polar surface area (TPSA) is 324 Å². The molecule has 0 amide bonds. The zero-order chi connectivity index (χ0) is 87.2. The fourth-order valence-corrected chi connectivity index (χ4v) is 1.91. The number of hydrogen-bond acceptors (Lipinski definition) is 20. The Labute approximate surface area is 639 Å². The van der Waals surface area contributed by atoms with Crippen molar-refractivity contribution >= 4 is 11.3 Å². The van der Waals surface area contributed by atoms with Gasteiger partial charge in [-0.05, 0) is 18.2 Å². The highest BCUT2D eigenvalue weighted by Crippen LogP contribution is 1.80. The van der Waals surface area contributed by atoms with Gasteiger partial charge >= 0.3 is 0 Å². The summed E-state index contributed by atoms with van der Waals surface area (Å²) in [6.07, 6.45) is 24.4. The highest BCUT2D eigenvalue weighted by atomic mass is 32.1. The maximum absolute atomic E-state index is 4.36. The largest absolute Gasteiger partial charge is 0.431 e. The summed E-state index contributed by atoms with van der Waals surface area (Å²) in [6.45, 7) is 108. The Hall–Kier alpha value is -7.44. The second-order valence-electron chi connectivity index (χ2n) is 6.26. The molecule has 9 heterocycles. The van der Waals surface area contributed by atoms with Crippen LogP contribution in [0.4, 0.5) is 0 Å². The van der Waals surface area contributed by atoms with Crippen LogP contribution in [0.25, 0.3) is 0 Å². The smallest absolute Gasteiger partial charge is 0.203 e. The summed E-state index contributed by atoms with van der Waals surface area (Å²) < 4.78 is 4.36. The zero-order valence-corrected chi connectivity index (χ0v) is 78.9. The third-order valence-corrected chi connectivity index (χ3v) is 3.63. The molecule has 0 aliphatic heterocycles. The molecule has 5 N–H and O–H groups in total. The van der Waals surface area contributed by atoms with E-state index in [-0.39, 0.29) is 0 Å². The van der Waals surface area contributed by atoms with Crippen molar-refractivity contribution in [3.63, 3.8) is 0 Å². The van der Waals surface area contributed by atoms with E-state index in [1.807, 2.05) is 398 Å². The molecule has 9 aromatic heterocycles. The SMILES string of the molecule is CC.CC.CC.CC.CC.CC.CC.CC.CC.CC.CC.CC.CC.CC.CC.CC.CC.CC.CC.CC.CC.CC.CC.CC.CC.CC.CC.c1ccncc1.c1cn[nH]c1.c1cn[nH]n1.c1cn[nH]n1.c1nc[nH]n1.c1ncncn1.c1nn[nH]n1.c1nnco1.c1nncs1. The van der Waals surface area contributed by atoms with E-state index in [1.54, 1.807) is 60.6 Å². The van der Waals surface area contributed by atoms with E-state index in [0.29, 0.717) is 0 Å². The van der Waals surface area contributed by atoms with Gasteiger partial charge in [0.1, 0.15) is 42.7 Å². The Morgan fingerprint density at radius 2 is 0.515 bits per heavy atom. The highest BCUT2D eigenvalue weighted by molar-refractivity contribution is 7.07. The van der Waals surface area contributed by atoms with Crippen LogP contribution < -0.4 is 0 Å². The van der Waals surface area contributed by atoms with Crippen molar-refractivity contribution in [3.8, 4) is 0 Å². The molecule has 0 spiro atoms. The lowest BCUT2D eigenvalue weighted by molar-refractivity contribution is 0.553. The minimum Gasteiger partial charge on any atom is -0.431 e. The molecule has 25 heteroatoms. The molecule has 0 saturated carbocycles. The quantitative estimate of drug-likeness (QED) is 0.0941. The first-order valence-electron chi connectivity index (χ1n) is 39.3. The summed E-state index contributed by atoms with van der Waals surface area (Å²) in [5.74, 6) is 0. The minimum atomic E-state index is 1.26. The average molecular weight is 1470 g/mol. The number of pyridine rings is 1. The van der Waals surface area contributed by atoms with Crippen LogP contribution in [0.3, 0.4) is 0 Å². The number of hydrogen-bond donors (Lipinski definition) is 5. The molecular formula is C76H189N23OS. The van der Waals surface area contributed by atoms with E-state index in [1.165, 1.54) is 62.1 Å². The fourth-order valence-electron chi connectivity index (χ4n) is 1.63. The Bertz CT molecular complexity index is 1120. The third-order valence-electron chi connectivity index (χ3n) is 3.20. The van der Waals surface area contributed by atoms with Gasteiger partial charge in [-0.25, -0.2) is 19.9 Å². The van der Waals surface area contributed by atoms with Gasteiger partial charge in [0.05, 0.1) is 24.8 Å². The Balaban J connectivity index is -0.0000000226. The van der Waals surface area contributed by atoms with E-state index in [9.17, 15) is 0 Å². The Morgan fingerprint density at radius 3 is 0.594 bits per heavy atom. The molecule has 24 nitrogen and oxygen atoms in total. The molecular weight excluding hydrogens is 1280 g/mol. The van der Waals surface area contributed by atoms with E-state index < -0.39 is 0 Å². The van der Waals surface area contributed by atoms with Crippen molar-refractivity contribution in [1.29, 1.82) is 0 Å². The molecule has 101 heavy (non-hydrogen) atoms. The molecule has 0 radical (unpaired) electrons. The van der Waals surface area contributed by atoms with Gasteiger partial charge in [-0.15, -0.1) is 41.9 Å². The van der Waals surface area contributed by atoms with Crippen LogP contribution in [0.2, 0.25) is 0 Å². The molecule has 0 saturated heterocycles. The summed E-state index contributed by atoms with van der Waals surface area (Å²) in [4.78, 5) is 18.0. The van der Waals surface area contributed by atoms with Crippen molar-refractivity contribution in [2.24, 2.45) is 0 Å². The summed E-state index contributed by atoms with van der Waals surface area (Å²) in [7, 11) is 0. The van der Waals surface area contributed by atoms with Crippen molar-refractivity contribution in [1.82, 2.24) is 117 Å². The van der Waals surface area contributed by atoms with Crippen LogP contribution in [0.1, 0.15) is 374 Å². The van der Waals surface area contributed by atoms with Gasteiger partial charge in [-0.1, -0.05) is 385 Å². The maximum atomic E-state index is 4.36.